The number of aromatic nitrogens is 4. The van der Waals surface area contributed by atoms with Gasteiger partial charge in [-0.25, -0.2) is 13.9 Å². The number of nitrogens with one attached hydrogen (secondary N) is 1. The number of rotatable bonds is 3. The molecule has 0 radical (unpaired) electrons. The van der Waals surface area contributed by atoms with Gasteiger partial charge in [0.1, 0.15) is 11.5 Å². The molecule has 8 heteroatoms. The first-order chi connectivity index (χ1) is 12.5. The Balaban J connectivity index is 1.76. The van der Waals surface area contributed by atoms with Gasteiger partial charge in [0.15, 0.2) is 0 Å². The molecule has 0 bridgehead atoms. The van der Waals surface area contributed by atoms with Crippen molar-refractivity contribution in [3.63, 3.8) is 0 Å². The molecule has 2 N–H and O–H groups in total. The van der Waals surface area contributed by atoms with Crippen LogP contribution in [0, 0.1) is 5.82 Å². The van der Waals surface area contributed by atoms with Crippen LogP contribution in [0.4, 0.5) is 4.39 Å². The van der Waals surface area contributed by atoms with Crippen molar-refractivity contribution in [2.24, 2.45) is 0 Å². The van der Waals surface area contributed by atoms with Crippen LogP contribution in [0.15, 0.2) is 59.5 Å². The van der Waals surface area contributed by atoms with E-state index in [1.165, 1.54) is 35.0 Å². The number of benzene rings is 2. The van der Waals surface area contributed by atoms with Crippen LogP contribution in [0.1, 0.15) is 10.4 Å². The molecule has 128 valence electrons. The van der Waals surface area contributed by atoms with Crippen molar-refractivity contribution < 1.29 is 14.3 Å². The molecule has 0 saturated heterocycles. The Morgan fingerprint density at radius 1 is 1.12 bits per heavy atom. The summed E-state index contributed by atoms with van der Waals surface area (Å²) in [6, 6.07) is 11.7. The van der Waals surface area contributed by atoms with Crippen molar-refractivity contribution in [2.75, 3.05) is 0 Å². The Kier molecular flexibility index (Phi) is 3.58. The largest absolute Gasteiger partial charge is 0.478 e. The second-order valence-electron chi connectivity index (χ2n) is 5.64. The van der Waals surface area contributed by atoms with Crippen LogP contribution in [0.5, 0.6) is 0 Å². The van der Waals surface area contributed by atoms with Crippen molar-refractivity contribution in [1.82, 2.24) is 20.0 Å². The van der Waals surface area contributed by atoms with Crippen LogP contribution in [0.25, 0.3) is 27.8 Å². The molecule has 4 aromatic rings. The zero-order valence-corrected chi connectivity index (χ0v) is 13.2. The molecule has 0 aliphatic heterocycles. The number of carboxylic acids is 1. The van der Waals surface area contributed by atoms with Gasteiger partial charge in [-0.3, -0.25) is 4.79 Å². The normalized spacial score (nSPS) is 11.0. The summed E-state index contributed by atoms with van der Waals surface area (Å²) in [6.07, 6.45) is 1.55. The smallest absolute Gasteiger partial charge is 0.335 e. The Hall–Kier alpha value is -3.81. The zero-order chi connectivity index (χ0) is 18.3. The summed E-state index contributed by atoms with van der Waals surface area (Å²) < 4.78 is 14.8. The molecular formula is C18H11FN4O3. The summed E-state index contributed by atoms with van der Waals surface area (Å²) >= 11 is 0. The van der Waals surface area contributed by atoms with Crippen molar-refractivity contribution in [3.8, 4) is 16.9 Å². The Bertz CT molecular complexity index is 1200. The van der Waals surface area contributed by atoms with Crippen molar-refractivity contribution in [1.29, 1.82) is 0 Å². The Morgan fingerprint density at radius 3 is 2.62 bits per heavy atom. The lowest BCUT2D eigenvalue weighted by Crippen LogP contribution is -2.08. The summed E-state index contributed by atoms with van der Waals surface area (Å²) in [5.74, 6) is -1.43. The number of hydrogen-bond donors (Lipinski definition) is 2. The van der Waals surface area contributed by atoms with Gasteiger partial charge in [-0.15, -0.1) is 5.10 Å². The monoisotopic (exact) mass is 350 g/mol. The Morgan fingerprint density at radius 2 is 1.88 bits per heavy atom. The molecule has 2 aromatic heterocycles. The molecule has 2 heterocycles. The maximum Gasteiger partial charge on any atom is 0.335 e. The average molecular weight is 350 g/mol. The maximum absolute atomic E-state index is 13.4. The summed E-state index contributed by atoms with van der Waals surface area (Å²) in [4.78, 5) is 25.9. The number of fused-ring (bicyclic) bond motifs is 1. The average Bonchev–Trinajstić information content (AvgIpc) is 3.11. The molecule has 26 heavy (non-hydrogen) atoms. The van der Waals surface area contributed by atoms with Crippen molar-refractivity contribution >= 4 is 16.9 Å². The number of H-pyrrole nitrogens is 1. The molecule has 0 atom stereocenters. The van der Waals surface area contributed by atoms with E-state index in [0.29, 0.717) is 22.3 Å². The minimum Gasteiger partial charge on any atom is -0.478 e. The van der Waals surface area contributed by atoms with Gasteiger partial charge in [0.2, 0.25) is 0 Å². The van der Waals surface area contributed by atoms with Gasteiger partial charge in [0, 0.05) is 10.9 Å². The van der Waals surface area contributed by atoms with Crippen LogP contribution in [-0.4, -0.2) is 31.1 Å². The highest BCUT2D eigenvalue weighted by atomic mass is 19.1. The molecule has 4 rings (SSSR count). The van der Waals surface area contributed by atoms with Gasteiger partial charge in [0.05, 0.1) is 23.0 Å². The fraction of sp³-hybridized carbons (Fsp3) is 0. The number of halogens is 1. The number of pyridine rings is 1. The third-order valence-corrected chi connectivity index (χ3v) is 3.95. The lowest BCUT2D eigenvalue weighted by molar-refractivity contribution is 0.0697. The van der Waals surface area contributed by atoms with Gasteiger partial charge in [-0.1, -0.05) is 5.21 Å². The number of aromatic carboxylic acids is 1. The minimum atomic E-state index is -1.02. The van der Waals surface area contributed by atoms with Crippen LogP contribution >= 0.6 is 0 Å². The van der Waals surface area contributed by atoms with E-state index >= 15 is 0 Å². The lowest BCUT2D eigenvalue weighted by Gasteiger charge is -2.01. The number of nitrogens with zero attached hydrogens (tertiary/aromatic N) is 3. The fourth-order valence-electron chi connectivity index (χ4n) is 2.64. The van der Waals surface area contributed by atoms with Gasteiger partial charge in [-0.05, 0) is 48.5 Å². The highest BCUT2D eigenvalue weighted by Crippen LogP contribution is 2.19. The number of hydrogen-bond acceptors (Lipinski definition) is 4. The first-order valence-electron chi connectivity index (χ1n) is 7.60. The van der Waals surface area contributed by atoms with Gasteiger partial charge in [0.25, 0.3) is 5.56 Å². The van der Waals surface area contributed by atoms with Crippen LogP contribution in [0.2, 0.25) is 0 Å². The topological polar surface area (TPSA) is 101 Å². The summed E-state index contributed by atoms with van der Waals surface area (Å²) in [6.45, 7) is 0. The molecule has 0 fully saturated rings. The fourth-order valence-corrected chi connectivity index (χ4v) is 2.64. The van der Waals surface area contributed by atoms with E-state index in [1.807, 2.05) is 0 Å². The van der Waals surface area contributed by atoms with E-state index < -0.39 is 11.8 Å². The molecular weight excluding hydrogens is 339 g/mol. The lowest BCUT2D eigenvalue weighted by atomic mass is 10.1. The van der Waals surface area contributed by atoms with Crippen molar-refractivity contribution in [3.05, 3.63) is 76.5 Å². The van der Waals surface area contributed by atoms with E-state index in [1.54, 1.807) is 24.4 Å². The third kappa shape index (κ3) is 2.73. The molecule has 0 spiro atoms. The summed E-state index contributed by atoms with van der Waals surface area (Å²) in [7, 11) is 0. The van der Waals surface area contributed by atoms with Gasteiger partial charge < -0.3 is 10.1 Å². The standard InChI is InChI=1S/C18H11FN4O3/c19-12-3-6-15-11(7-12)8-14(17(24)20-15)16-9-23(22-21-16)13-4-1-10(2-5-13)18(25)26/h1-9H,(H,20,24)(H,25,26). The highest BCUT2D eigenvalue weighted by Gasteiger charge is 2.11. The second kappa shape index (κ2) is 5.92. The SMILES string of the molecule is O=C(O)c1ccc(-n2cc(-c3cc4cc(F)ccc4[nH]c3=O)nn2)cc1. The highest BCUT2D eigenvalue weighted by molar-refractivity contribution is 5.87. The first-order valence-corrected chi connectivity index (χ1v) is 7.60. The van der Waals surface area contributed by atoms with Crippen LogP contribution in [-0.2, 0) is 0 Å². The molecule has 2 aromatic carbocycles. The number of carboxylic acid groups (broad SMARTS) is 1. The van der Waals surface area contributed by atoms with E-state index in [0.717, 1.165) is 0 Å². The number of aromatic amines is 1. The predicted octanol–water partition coefficient (Wildman–Crippen LogP) is 2.61. The second-order valence-corrected chi connectivity index (χ2v) is 5.64. The van der Waals surface area contributed by atoms with Crippen LogP contribution < -0.4 is 5.56 Å². The minimum absolute atomic E-state index is 0.155. The van der Waals surface area contributed by atoms with Crippen LogP contribution in [0.3, 0.4) is 0 Å². The number of carbonyl (C=O) groups is 1. The van der Waals surface area contributed by atoms with Crippen molar-refractivity contribution in [2.45, 2.75) is 0 Å². The molecule has 0 unspecified atom stereocenters. The van der Waals surface area contributed by atoms with Gasteiger partial charge in [-0.2, -0.15) is 0 Å². The van der Waals surface area contributed by atoms with E-state index in [2.05, 4.69) is 15.3 Å². The molecule has 0 aliphatic rings. The molecule has 0 saturated carbocycles. The molecule has 0 amide bonds. The van der Waals surface area contributed by atoms with Gasteiger partial charge >= 0.3 is 5.97 Å². The maximum atomic E-state index is 13.4. The molecule has 0 aliphatic carbocycles. The summed E-state index contributed by atoms with van der Waals surface area (Å²) in [5.41, 5.74) is 1.49. The third-order valence-electron chi connectivity index (χ3n) is 3.95. The van der Waals surface area contributed by atoms with E-state index in [9.17, 15) is 14.0 Å². The zero-order valence-electron chi connectivity index (χ0n) is 13.2. The summed E-state index contributed by atoms with van der Waals surface area (Å²) in [5, 5.41) is 17.4. The van der Waals surface area contributed by atoms with E-state index in [-0.39, 0.29) is 16.7 Å². The first kappa shape index (κ1) is 15.7. The molecule has 7 nitrogen and oxygen atoms in total. The predicted molar refractivity (Wildman–Crippen MR) is 91.8 cm³/mol. The Labute approximate surface area is 145 Å². The quantitative estimate of drug-likeness (QED) is 0.591. The van der Waals surface area contributed by atoms with E-state index in [4.69, 9.17) is 5.11 Å².